The van der Waals surface area contributed by atoms with E-state index in [1.54, 1.807) is 12.1 Å². The number of halogens is 1. The summed E-state index contributed by atoms with van der Waals surface area (Å²) in [5, 5.41) is 11.7. The van der Waals surface area contributed by atoms with Crippen molar-refractivity contribution in [3.05, 3.63) is 27.4 Å². The van der Waals surface area contributed by atoms with Gasteiger partial charge in [-0.15, -0.1) is 11.3 Å². The summed E-state index contributed by atoms with van der Waals surface area (Å²) in [5.41, 5.74) is 0. The SMILES string of the molecule is CC(CO)C(C)NC(=O)/C=C/c1ccc(Cl)s1. The molecule has 1 aromatic rings. The number of aliphatic hydroxyl groups excluding tert-OH is 1. The summed E-state index contributed by atoms with van der Waals surface area (Å²) in [6, 6.07) is 3.60. The zero-order valence-electron chi connectivity index (χ0n) is 9.81. The molecule has 1 heterocycles. The molecule has 0 aliphatic rings. The highest BCUT2D eigenvalue weighted by Crippen LogP contribution is 2.22. The Hall–Kier alpha value is -0.840. The molecule has 0 bridgehead atoms. The van der Waals surface area contributed by atoms with E-state index in [4.69, 9.17) is 16.7 Å². The number of carbonyl (C=O) groups excluding carboxylic acids is 1. The molecule has 17 heavy (non-hydrogen) atoms. The molecule has 5 heteroatoms. The van der Waals surface area contributed by atoms with Crippen molar-refractivity contribution in [3.63, 3.8) is 0 Å². The van der Waals surface area contributed by atoms with Gasteiger partial charge in [0, 0.05) is 23.6 Å². The van der Waals surface area contributed by atoms with E-state index in [-0.39, 0.29) is 24.5 Å². The Kier molecular flexibility index (Phi) is 5.68. The third kappa shape index (κ3) is 4.89. The molecule has 2 N–H and O–H groups in total. The summed E-state index contributed by atoms with van der Waals surface area (Å²) >= 11 is 7.19. The van der Waals surface area contributed by atoms with Gasteiger partial charge < -0.3 is 10.4 Å². The fourth-order valence-electron chi connectivity index (χ4n) is 1.15. The van der Waals surface area contributed by atoms with Gasteiger partial charge in [-0.25, -0.2) is 0 Å². The number of carbonyl (C=O) groups is 1. The summed E-state index contributed by atoms with van der Waals surface area (Å²) in [5.74, 6) is -0.120. The van der Waals surface area contributed by atoms with Crippen LogP contribution in [0.1, 0.15) is 18.7 Å². The number of rotatable bonds is 5. The van der Waals surface area contributed by atoms with E-state index < -0.39 is 0 Å². The number of thiophene rings is 1. The minimum absolute atomic E-state index is 0.0449. The quantitative estimate of drug-likeness (QED) is 0.810. The van der Waals surface area contributed by atoms with Gasteiger partial charge in [0.15, 0.2) is 0 Å². The lowest BCUT2D eigenvalue weighted by atomic mass is 10.1. The van der Waals surface area contributed by atoms with Crippen LogP contribution in [0, 0.1) is 5.92 Å². The van der Waals surface area contributed by atoms with Gasteiger partial charge >= 0.3 is 0 Å². The minimum atomic E-state index is -0.165. The van der Waals surface area contributed by atoms with Crippen molar-refractivity contribution in [1.82, 2.24) is 5.32 Å². The van der Waals surface area contributed by atoms with Crippen molar-refractivity contribution in [3.8, 4) is 0 Å². The molecule has 0 aliphatic heterocycles. The zero-order valence-corrected chi connectivity index (χ0v) is 11.4. The molecular formula is C12H16ClNO2S. The Morgan fingerprint density at radius 2 is 2.29 bits per heavy atom. The van der Waals surface area contributed by atoms with E-state index in [1.807, 2.05) is 19.9 Å². The molecule has 1 aromatic heterocycles. The van der Waals surface area contributed by atoms with Gasteiger partial charge in [-0.05, 0) is 31.1 Å². The number of hydrogen-bond donors (Lipinski definition) is 2. The molecule has 0 radical (unpaired) electrons. The lowest BCUT2D eigenvalue weighted by Gasteiger charge is -2.17. The highest BCUT2D eigenvalue weighted by atomic mass is 35.5. The lowest BCUT2D eigenvalue weighted by molar-refractivity contribution is -0.117. The number of amides is 1. The van der Waals surface area contributed by atoms with Gasteiger partial charge in [0.25, 0.3) is 0 Å². The molecular weight excluding hydrogens is 258 g/mol. The Morgan fingerprint density at radius 3 is 2.82 bits per heavy atom. The van der Waals surface area contributed by atoms with E-state index in [0.29, 0.717) is 4.34 Å². The van der Waals surface area contributed by atoms with Crippen LogP contribution in [-0.4, -0.2) is 23.7 Å². The van der Waals surface area contributed by atoms with Crippen LogP contribution in [0.15, 0.2) is 18.2 Å². The maximum atomic E-state index is 11.5. The first kappa shape index (κ1) is 14.2. The topological polar surface area (TPSA) is 49.3 Å². The third-order valence-corrected chi connectivity index (χ3v) is 3.70. The first-order valence-electron chi connectivity index (χ1n) is 5.37. The number of aliphatic hydroxyl groups is 1. The maximum Gasteiger partial charge on any atom is 0.244 e. The van der Waals surface area contributed by atoms with Crippen molar-refractivity contribution in [2.75, 3.05) is 6.61 Å². The van der Waals surface area contributed by atoms with Crippen molar-refractivity contribution in [1.29, 1.82) is 0 Å². The molecule has 1 rings (SSSR count). The van der Waals surface area contributed by atoms with Crippen LogP contribution in [0.25, 0.3) is 6.08 Å². The lowest BCUT2D eigenvalue weighted by Crippen LogP contribution is -2.37. The fraction of sp³-hybridized carbons (Fsp3) is 0.417. The Bertz CT molecular complexity index is 403. The predicted octanol–water partition coefficient (Wildman–Crippen LogP) is 2.55. The van der Waals surface area contributed by atoms with Crippen LogP contribution in [0.2, 0.25) is 4.34 Å². The Balaban J connectivity index is 2.47. The Labute approximate surface area is 110 Å². The second kappa shape index (κ2) is 6.79. The smallest absolute Gasteiger partial charge is 0.244 e. The molecule has 0 aromatic carbocycles. The van der Waals surface area contributed by atoms with Crippen LogP contribution in [0.3, 0.4) is 0 Å². The second-order valence-corrected chi connectivity index (χ2v) is 5.68. The summed E-state index contributed by atoms with van der Waals surface area (Å²) in [4.78, 5) is 12.5. The first-order valence-corrected chi connectivity index (χ1v) is 6.57. The van der Waals surface area contributed by atoms with E-state index in [1.165, 1.54) is 17.4 Å². The summed E-state index contributed by atoms with van der Waals surface area (Å²) < 4.78 is 0.701. The molecule has 2 atom stereocenters. The molecule has 2 unspecified atom stereocenters. The monoisotopic (exact) mass is 273 g/mol. The fourth-order valence-corrected chi connectivity index (χ4v) is 2.11. The second-order valence-electron chi connectivity index (χ2n) is 3.93. The van der Waals surface area contributed by atoms with Crippen LogP contribution in [-0.2, 0) is 4.79 Å². The average molecular weight is 274 g/mol. The van der Waals surface area contributed by atoms with Crippen LogP contribution >= 0.6 is 22.9 Å². The average Bonchev–Trinajstić information content (AvgIpc) is 2.71. The van der Waals surface area contributed by atoms with E-state index in [9.17, 15) is 4.79 Å². The molecule has 3 nitrogen and oxygen atoms in total. The minimum Gasteiger partial charge on any atom is -0.396 e. The van der Waals surface area contributed by atoms with Gasteiger partial charge in [0.2, 0.25) is 5.91 Å². The molecule has 0 aliphatic carbocycles. The molecule has 1 amide bonds. The largest absolute Gasteiger partial charge is 0.396 e. The highest BCUT2D eigenvalue weighted by Gasteiger charge is 2.12. The van der Waals surface area contributed by atoms with Crippen molar-refractivity contribution < 1.29 is 9.90 Å². The van der Waals surface area contributed by atoms with Crippen LogP contribution in [0.4, 0.5) is 0 Å². The summed E-state index contributed by atoms with van der Waals surface area (Å²) in [6.07, 6.45) is 3.20. The normalized spacial score (nSPS) is 14.8. The van der Waals surface area contributed by atoms with Crippen LogP contribution < -0.4 is 5.32 Å². The molecule has 0 saturated carbocycles. The maximum absolute atomic E-state index is 11.5. The van der Waals surface area contributed by atoms with Crippen LogP contribution in [0.5, 0.6) is 0 Å². The van der Waals surface area contributed by atoms with Crippen molar-refractivity contribution >= 4 is 34.9 Å². The van der Waals surface area contributed by atoms with E-state index in [2.05, 4.69) is 5.32 Å². The van der Waals surface area contributed by atoms with Crippen molar-refractivity contribution in [2.24, 2.45) is 5.92 Å². The first-order chi connectivity index (χ1) is 8.02. The zero-order chi connectivity index (χ0) is 12.8. The summed E-state index contributed by atoms with van der Waals surface area (Å²) in [6.45, 7) is 3.81. The summed E-state index contributed by atoms with van der Waals surface area (Å²) in [7, 11) is 0. The molecule has 94 valence electrons. The predicted molar refractivity (Wildman–Crippen MR) is 72.2 cm³/mol. The van der Waals surface area contributed by atoms with E-state index >= 15 is 0 Å². The van der Waals surface area contributed by atoms with Gasteiger partial charge in [-0.1, -0.05) is 18.5 Å². The molecule has 0 spiro atoms. The molecule has 0 fully saturated rings. The number of hydrogen-bond acceptors (Lipinski definition) is 3. The molecule has 0 saturated heterocycles. The third-order valence-electron chi connectivity index (χ3n) is 2.50. The highest BCUT2D eigenvalue weighted by molar-refractivity contribution is 7.17. The Morgan fingerprint density at radius 1 is 1.59 bits per heavy atom. The standard InChI is InChI=1S/C12H16ClNO2S/c1-8(7-15)9(2)14-12(16)6-4-10-3-5-11(13)17-10/h3-6,8-9,15H,7H2,1-2H3,(H,14,16)/b6-4+. The van der Waals surface area contributed by atoms with Gasteiger partial charge in [-0.3, -0.25) is 4.79 Å². The van der Waals surface area contributed by atoms with Gasteiger partial charge in [-0.2, -0.15) is 0 Å². The van der Waals surface area contributed by atoms with Crippen molar-refractivity contribution in [2.45, 2.75) is 19.9 Å². The van der Waals surface area contributed by atoms with E-state index in [0.717, 1.165) is 4.88 Å². The number of nitrogens with one attached hydrogen (secondary N) is 1. The van der Waals surface area contributed by atoms with Gasteiger partial charge in [0.1, 0.15) is 0 Å². The van der Waals surface area contributed by atoms with Gasteiger partial charge in [0.05, 0.1) is 4.34 Å².